The van der Waals surface area contributed by atoms with E-state index in [1.54, 1.807) is 6.92 Å². The molecule has 0 aliphatic carbocycles. The third-order valence-corrected chi connectivity index (χ3v) is 2.15. The van der Waals surface area contributed by atoms with Gasteiger partial charge >= 0.3 is 5.69 Å². The van der Waals surface area contributed by atoms with Crippen molar-refractivity contribution in [3.05, 3.63) is 44.3 Å². The van der Waals surface area contributed by atoms with Gasteiger partial charge in [-0.05, 0) is 19.1 Å². The SMILES string of the molecule is Cc1cc(=O)c2c([N+](=O)[O-])c(O)ccc2o1. The zero-order valence-corrected chi connectivity index (χ0v) is 8.26. The number of nitro benzene ring substituents is 1. The number of phenolic OH excluding ortho intramolecular Hbond substituents is 1. The predicted octanol–water partition coefficient (Wildman–Crippen LogP) is 1.72. The topological polar surface area (TPSA) is 93.6 Å². The lowest BCUT2D eigenvalue weighted by Gasteiger charge is -2.01. The van der Waals surface area contributed by atoms with Crippen LogP contribution in [-0.4, -0.2) is 10.0 Å². The number of aromatic hydroxyl groups is 1. The van der Waals surface area contributed by atoms with Gasteiger partial charge in [-0.2, -0.15) is 0 Å². The van der Waals surface area contributed by atoms with Crippen molar-refractivity contribution in [1.82, 2.24) is 0 Å². The van der Waals surface area contributed by atoms with E-state index in [1.807, 2.05) is 0 Å². The first-order chi connectivity index (χ1) is 7.50. The van der Waals surface area contributed by atoms with Crippen molar-refractivity contribution in [2.75, 3.05) is 0 Å². The molecule has 1 aromatic carbocycles. The second-order valence-electron chi connectivity index (χ2n) is 3.28. The highest BCUT2D eigenvalue weighted by molar-refractivity contribution is 5.89. The zero-order valence-electron chi connectivity index (χ0n) is 8.26. The summed E-state index contributed by atoms with van der Waals surface area (Å²) < 4.78 is 5.17. The molecule has 0 spiro atoms. The summed E-state index contributed by atoms with van der Waals surface area (Å²) in [4.78, 5) is 21.5. The molecule has 0 amide bonds. The summed E-state index contributed by atoms with van der Waals surface area (Å²) in [6.07, 6.45) is 0. The smallest absolute Gasteiger partial charge is 0.325 e. The van der Waals surface area contributed by atoms with E-state index in [9.17, 15) is 20.0 Å². The van der Waals surface area contributed by atoms with Crippen molar-refractivity contribution < 1.29 is 14.4 Å². The summed E-state index contributed by atoms with van der Waals surface area (Å²) in [6.45, 7) is 1.57. The van der Waals surface area contributed by atoms with E-state index in [2.05, 4.69) is 0 Å². The normalized spacial score (nSPS) is 10.6. The first kappa shape index (κ1) is 10.2. The fourth-order valence-electron chi connectivity index (χ4n) is 1.53. The molecule has 0 aliphatic rings. The molecule has 0 saturated heterocycles. The summed E-state index contributed by atoms with van der Waals surface area (Å²) in [5, 5.41) is 19.9. The maximum Gasteiger partial charge on any atom is 0.325 e. The summed E-state index contributed by atoms with van der Waals surface area (Å²) in [5.74, 6) is -0.189. The molecule has 0 aliphatic heterocycles. The molecule has 0 fully saturated rings. The first-order valence-electron chi connectivity index (χ1n) is 4.41. The lowest BCUT2D eigenvalue weighted by Crippen LogP contribution is -2.04. The van der Waals surface area contributed by atoms with Crippen LogP contribution in [0.5, 0.6) is 5.75 Å². The van der Waals surface area contributed by atoms with Gasteiger partial charge < -0.3 is 9.52 Å². The van der Waals surface area contributed by atoms with Crippen LogP contribution >= 0.6 is 0 Å². The molecule has 1 aromatic heterocycles. The van der Waals surface area contributed by atoms with Crippen LogP contribution in [0.25, 0.3) is 11.0 Å². The number of phenols is 1. The Morgan fingerprint density at radius 2 is 2.12 bits per heavy atom. The Balaban J connectivity index is 3.04. The van der Waals surface area contributed by atoms with Gasteiger partial charge in [0, 0.05) is 6.07 Å². The van der Waals surface area contributed by atoms with Crippen LogP contribution in [0.2, 0.25) is 0 Å². The summed E-state index contributed by atoms with van der Waals surface area (Å²) in [5.41, 5.74) is -1.07. The van der Waals surface area contributed by atoms with E-state index in [-0.39, 0.29) is 11.0 Å². The highest BCUT2D eigenvalue weighted by Gasteiger charge is 2.21. The van der Waals surface area contributed by atoms with Crippen LogP contribution in [0, 0.1) is 17.0 Å². The van der Waals surface area contributed by atoms with Gasteiger partial charge in [-0.25, -0.2) is 0 Å². The van der Waals surface area contributed by atoms with E-state index in [0.717, 1.165) is 12.1 Å². The third kappa shape index (κ3) is 1.40. The van der Waals surface area contributed by atoms with Crippen LogP contribution < -0.4 is 5.43 Å². The van der Waals surface area contributed by atoms with Gasteiger partial charge in [0.25, 0.3) is 0 Å². The Bertz CT molecular complexity index is 643. The van der Waals surface area contributed by atoms with Gasteiger partial charge in [0.05, 0.1) is 4.92 Å². The van der Waals surface area contributed by atoms with Gasteiger partial charge in [0.1, 0.15) is 16.7 Å². The van der Waals surface area contributed by atoms with Crippen molar-refractivity contribution in [3.63, 3.8) is 0 Å². The quantitative estimate of drug-likeness (QED) is 0.584. The van der Waals surface area contributed by atoms with Gasteiger partial charge in [-0.15, -0.1) is 0 Å². The molecule has 0 bridgehead atoms. The molecule has 82 valence electrons. The van der Waals surface area contributed by atoms with Crippen LogP contribution in [0.4, 0.5) is 5.69 Å². The number of hydrogen-bond donors (Lipinski definition) is 1. The van der Waals surface area contributed by atoms with Gasteiger partial charge in [-0.1, -0.05) is 0 Å². The van der Waals surface area contributed by atoms with Crippen LogP contribution in [0.1, 0.15) is 5.76 Å². The number of nitro groups is 1. The van der Waals surface area contributed by atoms with Crippen LogP contribution in [0.3, 0.4) is 0 Å². The Morgan fingerprint density at radius 1 is 1.44 bits per heavy atom. The van der Waals surface area contributed by atoms with Crippen LogP contribution in [-0.2, 0) is 0 Å². The second-order valence-corrected chi connectivity index (χ2v) is 3.28. The second kappa shape index (κ2) is 3.34. The van der Waals surface area contributed by atoms with Crippen molar-refractivity contribution in [3.8, 4) is 5.75 Å². The minimum atomic E-state index is -0.802. The fourth-order valence-corrected chi connectivity index (χ4v) is 1.53. The summed E-state index contributed by atoms with van der Waals surface area (Å²) in [6, 6.07) is 3.60. The van der Waals surface area contributed by atoms with E-state index in [0.29, 0.717) is 5.76 Å². The lowest BCUT2D eigenvalue weighted by molar-refractivity contribution is -0.384. The Morgan fingerprint density at radius 3 is 2.75 bits per heavy atom. The minimum Gasteiger partial charge on any atom is -0.502 e. The van der Waals surface area contributed by atoms with E-state index < -0.39 is 21.8 Å². The lowest BCUT2D eigenvalue weighted by atomic mass is 10.1. The Hall–Kier alpha value is -2.37. The number of hydrogen-bond acceptors (Lipinski definition) is 5. The number of aryl methyl sites for hydroxylation is 1. The Kier molecular flexibility index (Phi) is 2.12. The summed E-state index contributed by atoms with van der Waals surface area (Å²) in [7, 11) is 0. The molecule has 6 nitrogen and oxygen atoms in total. The molecule has 1 heterocycles. The molecule has 0 radical (unpaired) electrons. The summed E-state index contributed by atoms with van der Waals surface area (Å²) >= 11 is 0. The fraction of sp³-hybridized carbons (Fsp3) is 0.100. The predicted molar refractivity (Wildman–Crippen MR) is 55.5 cm³/mol. The van der Waals surface area contributed by atoms with Gasteiger partial charge in [0.2, 0.25) is 0 Å². The van der Waals surface area contributed by atoms with E-state index in [1.165, 1.54) is 6.07 Å². The minimum absolute atomic E-state index is 0.0921. The molecule has 0 unspecified atom stereocenters. The van der Waals surface area contributed by atoms with E-state index in [4.69, 9.17) is 4.42 Å². The van der Waals surface area contributed by atoms with Crippen molar-refractivity contribution in [1.29, 1.82) is 0 Å². The zero-order chi connectivity index (χ0) is 11.9. The van der Waals surface area contributed by atoms with E-state index >= 15 is 0 Å². The van der Waals surface area contributed by atoms with Crippen molar-refractivity contribution >= 4 is 16.7 Å². The largest absolute Gasteiger partial charge is 0.502 e. The monoisotopic (exact) mass is 221 g/mol. The number of nitrogens with zero attached hydrogens (tertiary/aromatic N) is 1. The highest BCUT2D eigenvalue weighted by atomic mass is 16.6. The van der Waals surface area contributed by atoms with Gasteiger partial charge in [0.15, 0.2) is 11.2 Å². The molecule has 1 N–H and O–H groups in total. The van der Waals surface area contributed by atoms with Gasteiger partial charge in [-0.3, -0.25) is 14.9 Å². The first-order valence-corrected chi connectivity index (χ1v) is 4.41. The maximum atomic E-state index is 11.6. The highest BCUT2D eigenvalue weighted by Crippen LogP contribution is 2.32. The Labute approximate surface area is 88.9 Å². The maximum absolute atomic E-state index is 11.6. The molecule has 6 heteroatoms. The number of fused-ring (bicyclic) bond motifs is 1. The molecule has 0 saturated carbocycles. The average Bonchev–Trinajstić information content (AvgIpc) is 2.18. The number of benzene rings is 1. The third-order valence-electron chi connectivity index (χ3n) is 2.15. The molecule has 0 atom stereocenters. The van der Waals surface area contributed by atoms with Crippen LogP contribution in [0.15, 0.2) is 27.4 Å². The molecular weight excluding hydrogens is 214 g/mol. The number of rotatable bonds is 1. The van der Waals surface area contributed by atoms with Crippen molar-refractivity contribution in [2.24, 2.45) is 0 Å². The average molecular weight is 221 g/mol. The molecule has 2 aromatic rings. The molecule has 2 rings (SSSR count). The standard InChI is InChI=1S/C10H7NO5/c1-5-4-7(13)9-8(16-5)3-2-6(12)10(9)11(14)15/h2-4,12H,1H3. The molecule has 16 heavy (non-hydrogen) atoms. The van der Waals surface area contributed by atoms with Crippen molar-refractivity contribution in [2.45, 2.75) is 6.92 Å². The molecular formula is C10H7NO5.